The molecule has 1 atom stereocenters. The summed E-state index contributed by atoms with van der Waals surface area (Å²) in [5.74, 6) is 0.535. The lowest BCUT2D eigenvalue weighted by molar-refractivity contribution is -0.126. The van der Waals surface area contributed by atoms with Crippen LogP contribution in [0.4, 0.5) is 4.79 Å². The Kier molecular flexibility index (Phi) is 5.11. The van der Waals surface area contributed by atoms with E-state index in [2.05, 4.69) is 52.1 Å². The van der Waals surface area contributed by atoms with Crippen molar-refractivity contribution in [3.63, 3.8) is 0 Å². The highest BCUT2D eigenvalue weighted by Gasteiger charge is 2.41. The zero-order valence-electron chi connectivity index (χ0n) is 19.3. The Balaban J connectivity index is 1.93. The summed E-state index contributed by atoms with van der Waals surface area (Å²) in [6.07, 6.45) is 2.24. The monoisotopic (exact) mass is 420 g/mol. The maximum Gasteiger partial charge on any atom is 0.325 e. The second kappa shape index (κ2) is 7.40. The molecule has 1 N–H and O–H groups in total. The molecule has 2 aliphatic rings. The van der Waals surface area contributed by atoms with E-state index in [1.807, 2.05) is 24.3 Å². The lowest BCUT2D eigenvalue weighted by atomic mass is 9.62. The minimum atomic E-state index is -0.480. The fourth-order valence-corrected chi connectivity index (χ4v) is 4.98. The topological polar surface area (TPSA) is 58.6 Å². The van der Waals surface area contributed by atoms with Crippen LogP contribution in [0.25, 0.3) is 0 Å². The number of hydrogen-bond donors (Lipinski definition) is 1. The van der Waals surface area contributed by atoms with E-state index < -0.39 is 6.04 Å². The van der Waals surface area contributed by atoms with Crippen LogP contribution in [0.1, 0.15) is 74.4 Å². The summed E-state index contributed by atoms with van der Waals surface area (Å²) in [7, 11) is 1.63. The van der Waals surface area contributed by atoms with Crippen LogP contribution in [0.2, 0.25) is 0 Å². The maximum absolute atomic E-state index is 12.7. The van der Waals surface area contributed by atoms with Crippen molar-refractivity contribution >= 4 is 11.9 Å². The van der Waals surface area contributed by atoms with Gasteiger partial charge >= 0.3 is 6.03 Å². The Morgan fingerprint density at radius 2 is 1.55 bits per heavy atom. The minimum absolute atomic E-state index is 0.0357. The third-order valence-corrected chi connectivity index (χ3v) is 7.10. The Hall–Kier alpha value is -2.82. The predicted molar refractivity (Wildman–Crippen MR) is 122 cm³/mol. The quantitative estimate of drug-likeness (QED) is 0.709. The molecule has 5 nitrogen and oxygen atoms in total. The van der Waals surface area contributed by atoms with Gasteiger partial charge in [0.15, 0.2) is 0 Å². The molecule has 1 saturated heterocycles. The fourth-order valence-electron chi connectivity index (χ4n) is 4.98. The van der Waals surface area contributed by atoms with Crippen LogP contribution >= 0.6 is 0 Å². The van der Waals surface area contributed by atoms with Crippen molar-refractivity contribution in [3.8, 4) is 5.75 Å². The number of urea groups is 1. The first kappa shape index (κ1) is 21.4. The number of imide groups is 1. The number of aryl methyl sites for hydroxylation is 1. The van der Waals surface area contributed by atoms with Crippen molar-refractivity contribution in [2.75, 3.05) is 13.7 Å². The molecule has 3 amide bonds. The molecular weight excluding hydrogens is 388 g/mol. The second-order valence-electron chi connectivity index (χ2n) is 10.1. The number of amides is 3. The molecule has 4 rings (SSSR count). The summed E-state index contributed by atoms with van der Waals surface area (Å²) in [5.41, 5.74) is 5.81. The Morgan fingerprint density at radius 1 is 0.968 bits per heavy atom. The van der Waals surface area contributed by atoms with Gasteiger partial charge in [0.2, 0.25) is 0 Å². The molecule has 2 aromatic rings. The molecule has 0 spiro atoms. The Labute approximate surface area is 184 Å². The molecule has 164 valence electrons. The fraction of sp³-hybridized carbons (Fsp3) is 0.462. The molecule has 5 heteroatoms. The van der Waals surface area contributed by atoms with E-state index in [9.17, 15) is 9.59 Å². The van der Waals surface area contributed by atoms with Crippen molar-refractivity contribution in [2.24, 2.45) is 0 Å². The molecule has 0 bridgehead atoms. The van der Waals surface area contributed by atoms with E-state index in [4.69, 9.17) is 4.74 Å². The van der Waals surface area contributed by atoms with Crippen molar-refractivity contribution in [1.82, 2.24) is 10.2 Å². The van der Waals surface area contributed by atoms with E-state index in [-0.39, 0.29) is 29.3 Å². The van der Waals surface area contributed by atoms with E-state index in [0.29, 0.717) is 0 Å². The van der Waals surface area contributed by atoms with Crippen molar-refractivity contribution in [2.45, 2.75) is 64.3 Å². The van der Waals surface area contributed by atoms with E-state index in [0.717, 1.165) is 35.3 Å². The van der Waals surface area contributed by atoms with E-state index in [1.165, 1.54) is 16.0 Å². The first-order valence-electron chi connectivity index (χ1n) is 10.9. The van der Waals surface area contributed by atoms with Gasteiger partial charge in [-0.25, -0.2) is 4.79 Å². The maximum atomic E-state index is 12.7. The number of benzene rings is 2. The third kappa shape index (κ3) is 3.60. The highest BCUT2D eigenvalue weighted by molar-refractivity contribution is 6.02. The molecule has 0 saturated carbocycles. The van der Waals surface area contributed by atoms with E-state index >= 15 is 0 Å². The smallest absolute Gasteiger partial charge is 0.325 e. The highest BCUT2D eigenvalue weighted by Crippen LogP contribution is 2.48. The van der Waals surface area contributed by atoms with E-state index in [1.54, 1.807) is 7.11 Å². The number of carbonyl (C=O) groups is 2. The van der Waals surface area contributed by atoms with Gasteiger partial charge in [0.05, 0.1) is 19.7 Å². The van der Waals surface area contributed by atoms with Gasteiger partial charge in [0, 0.05) is 0 Å². The van der Waals surface area contributed by atoms with Crippen molar-refractivity contribution < 1.29 is 14.3 Å². The van der Waals surface area contributed by atoms with Gasteiger partial charge in [-0.1, -0.05) is 52.0 Å². The average Bonchev–Trinajstić information content (AvgIpc) is 3.05. The van der Waals surface area contributed by atoms with Crippen LogP contribution in [0.5, 0.6) is 5.75 Å². The zero-order valence-corrected chi connectivity index (χ0v) is 19.3. The van der Waals surface area contributed by atoms with Gasteiger partial charge in [-0.05, 0) is 70.5 Å². The molecule has 1 heterocycles. The lowest BCUT2D eigenvalue weighted by Crippen LogP contribution is -2.37. The van der Waals surface area contributed by atoms with Crippen LogP contribution in [-0.2, 0) is 15.6 Å². The largest absolute Gasteiger partial charge is 0.497 e. The number of fused-ring (bicyclic) bond motifs is 1. The number of ether oxygens (including phenoxy) is 1. The van der Waals surface area contributed by atoms with Crippen molar-refractivity contribution in [1.29, 1.82) is 0 Å². The summed E-state index contributed by atoms with van der Waals surface area (Å²) >= 11 is 0. The average molecular weight is 421 g/mol. The van der Waals surface area contributed by atoms with Crippen LogP contribution in [0, 0.1) is 6.92 Å². The Bertz CT molecular complexity index is 1020. The number of carbonyl (C=O) groups excluding carboxylic acids is 2. The molecule has 31 heavy (non-hydrogen) atoms. The van der Waals surface area contributed by atoms with Gasteiger partial charge < -0.3 is 10.1 Å². The number of methoxy groups -OCH3 is 1. The first-order chi connectivity index (χ1) is 14.5. The molecular formula is C26H32N2O3. The summed E-state index contributed by atoms with van der Waals surface area (Å²) < 4.78 is 5.31. The molecule has 2 aromatic carbocycles. The number of hydrogen-bond acceptors (Lipinski definition) is 3. The number of rotatable bonds is 4. The molecule has 0 aromatic heterocycles. The van der Waals surface area contributed by atoms with Crippen molar-refractivity contribution in [3.05, 3.63) is 64.2 Å². The zero-order chi connectivity index (χ0) is 22.6. The molecule has 1 aliphatic carbocycles. The predicted octanol–water partition coefficient (Wildman–Crippen LogP) is 4.99. The van der Waals surface area contributed by atoms with Crippen LogP contribution in [-0.4, -0.2) is 30.5 Å². The van der Waals surface area contributed by atoms with Gasteiger partial charge in [0.25, 0.3) is 5.91 Å². The first-order valence-corrected chi connectivity index (χ1v) is 10.9. The van der Waals surface area contributed by atoms with Gasteiger partial charge in [0.1, 0.15) is 5.75 Å². The molecule has 1 unspecified atom stereocenters. The molecule has 1 fully saturated rings. The van der Waals surface area contributed by atoms with Crippen LogP contribution in [0.3, 0.4) is 0 Å². The normalized spacial score (nSPS) is 20.3. The Morgan fingerprint density at radius 3 is 2.06 bits per heavy atom. The number of nitrogens with one attached hydrogen (secondary N) is 1. The summed E-state index contributed by atoms with van der Waals surface area (Å²) in [5, 5.41) is 2.69. The standard InChI is InChI=1S/C26H32N2O3/c1-16-13-20-21(26(4,5)12-11-25(20,2)3)14-19(16)23(28-22(29)15-27-24(28)30)17-7-9-18(31-6)10-8-17/h7-10,13-14,23H,11-12,15H2,1-6H3,(H,27,30). The summed E-state index contributed by atoms with van der Waals surface area (Å²) in [6, 6.07) is 11.3. The lowest BCUT2D eigenvalue weighted by Gasteiger charge is -2.43. The SMILES string of the molecule is COc1ccc(C(c2cc3c(cc2C)C(C)(C)CCC3(C)C)N2C(=O)CNC2=O)cc1. The van der Waals surface area contributed by atoms with Crippen LogP contribution < -0.4 is 10.1 Å². The van der Waals surface area contributed by atoms with Gasteiger partial charge in [-0.3, -0.25) is 9.69 Å². The van der Waals surface area contributed by atoms with Crippen LogP contribution in [0.15, 0.2) is 36.4 Å². The molecule has 0 radical (unpaired) electrons. The minimum Gasteiger partial charge on any atom is -0.497 e. The van der Waals surface area contributed by atoms with Gasteiger partial charge in [-0.15, -0.1) is 0 Å². The number of nitrogens with zero attached hydrogens (tertiary/aromatic N) is 1. The summed E-state index contributed by atoms with van der Waals surface area (Å²) in [6.45, 7) is 11.3. The second-order valence-corrected chi connectivity index (χ2v) is 10.1. The third-order valence-electron chi connectivity index (χ3n) is 7.10. The van der Waals surface area contributed by atoms with Gasteiger partial charge in [-0.2, -0.15) is 0 Å². The molecule has 1 aliphatic heterocycles. The summed E-state index contributed by atoms with van der Waals surface area (Å²) in [4.78, 5) is 26.8. The highest BCUT2D eigenvalue weighted by atomic mass is 16.5.